The Morgan fingerprint density at radius 1 is 0.766 bits per heavy atom. The van der Waals surface area contributed by atoms with E-state index in [4.69, 9.17) is 9.84 Å². The Labute approximate surface area is 443 Å². The molecule has 0 saturated carbocycles. The van der Waals surface area contributed by atoms with Gasteiger partial charge in [0.2, 0.25) is 5.69 Å². The fourth-order valence-electron chi connectivity index (χ4n) is 7.99. The number of anilines is 1. The number of unbranched alkanes of at least 4 members (excludes halogenated alkanes) is 2. The molecule has 2 aliphatic rings. The molecule has 2 aromatic rings. The van der Waals surface area contributed by atoms with Crippen molar-refractivity contribution >= 4 is 63.5 Å². The van der Waals surface area contributed by atoms with E-state index in [2.05, 4.69) is 0 Å². The van der Waals surface area contributed by atoms with Gasteiger partial charge in [-0.05, 0) is 94.3 Å². The molecule has 2 unspecified atom stereocenters. The van der Waals surface area contributed by atoms with Crippen molar-refractivity contribution in [2.45, 2.75) is 85.8 Å². The molecule has 2 aromatic carbocycles. The van der Waals surface area contributed by atoms with Gasteiger partial charge in [0, 0.05) is 66.8 Å². The third-order valence-corrected chi connectivity index (χ3v) is 14.2. The maximum atomic E-state index is 12.1. The first-order chi connectivity index (χ1) is 28.3. The predicted octanol–water partition coefficient (Wildman–Crippen LogP) is -4.18. The van der Waals surface area contributed by atoms with Crippen LogP contribution in [0, 0.1) is 0 Å². The zero-order chi connectivity index (χ0) is 45.4. The molecule has 17 nitrogen and oxygen atoms in total. The van der Waals surface area contributed by atoms with Crippen LogP contribution in [0.1, 0.15) is 76.3 Å². The number of fused-ring (bicyclic) bond motifs is 2. The van der Waals surface area contributed by atoms with Crippen molar-refractivity contribution < 1.29 is 160 Å². The van der Waals surface area contributed by atoms with Crippen LogP contribution < -0.4 is 93.6 Å². The predicted molar refractivity (Wildman–Crippen MR) is 225 cm³/mol. The van der Waals surface area contributed by atoms with Crippen molar-refractivity contribution in [3.63, 3.8) is 0 Å². The SMILES string of the molecule is COCCN1C(=CC=CC=CC=CC2=[N+](CCCCCC(=O)O)c3ccc(S(=O)(=O)[O-])cc3C2(C)CCCS(=O)(=O)[O-])C(C)(CCCS(=O)(=O)O)c2cc(S(=O)(=O)O)ccc21.[Na+].[Na+].[Na+]. The van der Waals surface area contributed by atoms with E-state index in [9.17, 15) is 56.7 Å². The van der Waals surface area contributed by atoms with Crippen LogP contribution in [0.15, 0.2) is 94.4 Å². The van der Waals surface area contributed by atoms with E-state index in [0.29, 0.717) is 66.3 Å². The standard InChI is InChI=1S/C40H52N2O15S4.3Na/c1-39(21-12-26-58(45,46)47)32-28-30(60(51,52)53)17-19-34(32)41(23-11-7-10-16-38(43)44)36(39)14-8-5-4-6-9-15-37-40(2,22-13-27-59(48,49)50)33-29-31(61(54,55)56)18-20-35(33)42(37)24-25-57-3;;;/h4-6,8-9,14-15,17-20,28-29H,7,10-13,16,21-27H2,1-3H3,(H4-,43,44,45,46,47,48,49,50,51,52,53,54,55,56);;;/q;3*+1/p-1. The Kier molecular flexibility index (Phi) is 24.3. The van der Waals surface area contributed by atoms with Gasteiger partial charge in [0.15, 0.2) is 5.71 Å². The molecule has 0 radical (unpaired) electrons. The van der Waals surface area contributed by atoms with Crippen molar-refractivity contribution in [3.8, 4) is 0 Å². The van der Waals surface area contributed by atoms with E-state index >= 15 is 0 Å². The zero-order valence-corrected chi connectivity index (χ0v) is 46.2. The number of benzene rings is 2. The number of nitrogens with zero attached hydrogens (tertiary/aromatic N) is 2. The van der Waals surface area contributed by atoms with Gasteiger partial charge in [0.25, 0.3) is 20.2 Å². The smallest absolute Gasteiger partial charge is 0.748 e. The molecular formula is C40H51N2Na3O15S4+2. The Bertz CT molecular complexity index is 2600. The molecule has 4 rings (SSSR count). The van der Waals surface area contributed by atoms with E-state index in [1.165, 1.54) is 37.4 Å². The largest absolute Gasteiger partial charge is 1.00 e. The average Bonchev–Trinajstić information content (AvgIpc) is 3.51. The first-order valence-corrected chi connectivity index (χ1v) is 25.3. The fourth-order valence-corrected chi connectivity index (χ4v) is 10.00. The summed E-state index contributed by atoms with van der Waals surface area (Å²) in [7, 11) is -16.8. The number of allylic oxidation sites excluding steroid dienone is 8. The average molecular weight is 997 g/mol. The molecule has 336 valence electrons. The minimum Gasteiger partial charge on any atom is -0.748 e. The Hall–Kier alpha value is -1.06. The van der Waals surface area contributed by atoms with Crippen molar-refractivity contribution in [2.24, 2.45) is 0 Å². The zero-order valence-electron chi connectivity index (χ0n) is 37.0. The Balaban J connectivity index is 0.00000683. The number of carbonyl (C=O) groups is 1. The van der Waals surface area contributed by atoms with E-state index in [-0.39, 0.29) is 132 Å². The van der Waals surface area contributed by atoms with Gasteiger partial charge >= 0.3 is 94.6 Å². The number of hydrogen-bond acceptors (Lipinski definition) is 13. The van der Waals surface area contributed by atoms with Gasteiger partial charge < -0.3 is 23.8 Å². The molecular weight excluding hydrogens is 946 g/mol. The number of carboxylic acid groups (broad SMARTS) is 1. The second-order valence-corrected chi connectivity index (χ2v) is 21.2. The van der Waals surface area contributed by atoms with Crippen molar-refractivity contribution in [1.29, 1.82) is 0 Å². The van der Waals surface area contributed by atoms with Gasteiger partial charge in [0.1, 0.15) is 16.7 Å². The Morgan fingerprint density at radius 3 is 1.95 bits per heavy atom. The molecule has 2 atom stereocenters. The van der Waals surface area contributed by atoms with Crippen LogP contribution in [0.4, 0.5) is 11.4 Å². The molecule has 3 N–H and O–H groups in total. The molecule has 0 aromatic heterocycles. The number of carboxylic acids is 1. The molecule has 0 amide bonds. The normalized spacial score (nSPS) is 19.5. The van der Waals surface area contributed by atoms with Crippen LogP contribution in [0.3, 0.4) is 0 Å². The van der Waals surface area contributed by atoms with Crippen LogP contribution in [0.25, 0.3) is 0 Å². The summed E-state index contributed by atoms with van der Waals surface area (Å²) in [4.78, 5) is 12.2. The van der Waals surface area contributed by atoms with Crippen molar-refractivity contribution in [1.82, 2.24) is 0 Å². The molecule has 0 aliphatic carbocycles. The minimum atomic E-state index is -4.87. The molecule has 24 heteroatoms. The minimum absolute atomic E-state index is 0. The molecule has 0 bridgehead atoms. The van der Waals surface area contributed by atoms with E-state index in [1.54, 1.807) is 55.5 Å². The van der Waals surface area contributed by atoms with Gasteiger partial charge in [0.05, 0.1) is 37.7 Å². The Morgan fingerprint density at radius 2 is 1.36 bits per heavy atom. The maximum absolute atomic E-state index is 12.1. The van der Waals surface area contributed by atoms with Gasteiger partial charge in [-0.25, -0.2) is 16.8 Å². The molecule has 0 fully saturated rings. The van der Waals surface area contributed by atoms with Gasteiger partial charge in [-0.15, -0.1) is 0 Å². The summed E-state index contributed by atoms with van der Waals surface area (Å²) in [6.45, 7) is 4.56. The summed E-state index contributed by atoms with van der Waals surface area (Å²) in [5.41, 5.74) is 1.43. The van der Waals surface area contributed by atoms with Crippen LogP contribution in [-0.2, 0) is 60.8 Å². The second-order valence-electron chi connectivity index (χ2n) is 15.3. The van der Waals surface area contributed by atoms with Gasteiger partial charge in [-0.2, -0.15) is 21.4 Å². The van der Waals surface area contributed by atoms with E-state index < -0.39 is 73.7 Å². The monoisotopic (exact) mass is 996 g/mol. The van der Waals surface area contributed by atoms with Gasteiger partial charge in [-0.1, -0.05) is 30.4 Å². The molecule has 64 heavy (non-hydrogen) atoms. The maximum Gasteiger partial charge on any atom is 1.00 e. The molecule has 2 heterocycles. The van der Waals surface area contributed by atoms with E-state index in [1.807, 2.05) is 16.4 Å². The number of rotatable bonds is 23. The number of methoxy groups -OCH3 is 1. The summed E-state index contributed by atoms with van der Waals surface area (Å²) < 4.78 is 145. The quantitative estimate of drug-likeness (QED) is 0.0313. The molecule has 0 saturated heterocycles. The summed E-state index contributed by atoms with van der Waals surface area (Å²) >= 11 is 0. The van der Waals surface area contributed by atoms with Crippen LogP contribution in [0.5, 0.6) is 0 Å². The van der Waals surface area contributed by atoms with Crippen LogP contribution >= 0.6 is 0 Å². The third-order valence-electron chi connectivity index (χ3n) is 10.9. The van der Waals surface area contributed by atoms with Crippen molar-refractivity contribution in [3.05, 3.63) is 95.8 Å². The third kappa shape index (κ3) is 16.6. The number of aliphatic carboxylic acids is 1. The molecule has 2 aliphatic heterocycles. The summed E-state index contributed by atoms with van der Waals surface area (Å²) in [5.74, 6) is -2.13. The first-order valence-electron chi connectivity index (χ1n) is 19.3. The topological polar surface area (TPSA) is 276 Å². The summed E-state index contributed by atoms with van der Waals surface area (Å²) in [6.07, 6.45) is 13.8. The fraction of sp³-hybridized carbons (Fsp3) is 0.450. The van der Waals surface area contributed by atoms with Crippen molar-refractivity contribution in [2.75, 3.05) is 43.2 Å². The van der Waals surface area contributed by atoms with Crippen LogP contribution in [0.2, 0.25) is 0 Å². The summed E-state index contributed by atoms with van der Waals surface area (Å²) in [5, 5.41) is 9.08. The molecule has 0 spiro atoms. The number of hydrogen-bond donors (Lipinski definition) is 3. The summed E-state index contributed by atoms with van der Waals surface area (Å²) in [6, 6.07) is 8.13. The van der Waals surface area contributed by atoms with Gasteiger partial charge in [-0.3, -0.25) is 13.9 Å². The van der Waals surface area contributed by atoms with Crippen LogP contribution in [-0.4, -0.2) is 112 Å². The second kappa shape index (κ2) is 25.5. The van der Waals surface area contributed by atoms with E-state index in [0.717, 1.165) is 0 Å². The number of ether oxygens (including phenoxy) is 1. The first kappa shape index (κ1) is 61.0.